The molecule has 0 unspecified atom stereocenters. The topological polar surface area (TPSA) is 65.7 Å². The molecule has 0 saturated heterocycles. The summed E-state index contributed by atoms with van der Waals surface area (Å²) in [5.74, 6) is 2.82. The van der Waals surface area contributed by atoms with Gasteiger partial charge in [-0.05, 0) is 36.7 Å². The second kappa shape index (κ2) is 7.01. The number of hydrogen-bond acceptors (Lipinski definition) is 6. The van der Waals surface area contributed by atoms with Gasteiger partial charge in [0.1, 0.15) is 28.4 Å². The highest BCUT2D eigenvalue weighted by Gasteiger charge is 2.27. The molecule has 2 aromatic heterocycles. The first-order chi connectivity index (χ1) is 12.2. The van der Waals surface area contributed by atoms with Crippen molar-refractivity contribution in [2.45, 2.75) is 35.5 Å². The van der Waals surface area contributed by atoms with E-state index in [4.69, 9.17) is 16.3 Å². The SMILES string of the molecule is Cn1c(COc2ccccc2)nnc1Sc1cc(Cl)nc(C2CC2)n1. The predicted molar refractivity (Wildman–Crippen MR) is 94.9 cm³/mol. The molecule has 0 spiro atoms. The summed E-state index contributed by atoms with van der Waals surface area (Å²) >= 11 is 7.55. The third-order valence-electron chi connectivity index (χ3n) is 3.86. The number of halogens is 1. The van der Waals surface area contributed by atoms with Crippen molar-refractivity contribution in [2.24, 2.45) is 7.05 Å². The molecule has 0 N–H and O–H groups in total. The highest BCUT2D eigenvalue weighted by atomic mass is 35.5. The quantitative estimate of drug-likeness (QED) is 0.611. The van der Waals surface area contributed by atoms with Crippen LogP contribution < -0.4 is 4.74 Å². The summed E-state index contributed by atoms with van der Waals surface area (Å²) < 4.78 is 7.64. The van der Waals surface area contributed by atoms with Gasteiger partial charge in [0.15, 0.2) is 11.0 Å². The summed E-state index contributed by atoms with van der Waals surface area (Å²) in [4.78, 5) is 8.90. The Labute approximate surface area is 154 Å². The van der Waals surface area contributed by atoms with Crippen LogP contribution in [0, 0.1) is 0 Å². The molecule has 1 aromatic carbocycles. The Bertz CT molecular complexity index is 882. The molecule has 6 nitrogen and oxygen atoms in total. The Morgan fingerprint density at radius 2 is 2.00 bits per heavy atom. The van der Waals surface area contributed by atoms with E-state index >= 15 is 0 Å². The molecule has 1 aliphatic carbocycles. The molecular weight excluding hydrogens is 358 g/mol. The average Bonchev–Trinajstić information content (AvgIpc) is 3.41. The van der Waals surface area contributed by atoms with Crippen LogP contribution in [-0.2, 0) is 13.7 Å². The van der Waals surface area contributed by atoms with Crippen LogP contribution in [0.1, 0.15) is 30.4 Å². The van der Waals surface area contributed by atoms with E-state index in [2.05, 4.69) is 20.2 Å². The van der Waals surface area contributed by atoms with Crippen LogP contribution in [-0.4, -0.2) is 24.7 Å². The van der Waals surface area contributed by atoms with Crippen molar-refractivity contribution in [3.05, 3.63) is 53.2 Å². The van der Waals surface area contributed by atoms with Gasteiger partial charge in [0.05, 0.1) is 0 Å². The lowest BCUT2D eigenvalue weighted by Crippen LogP contribution is -2.04. The Balaban J connectivity index is 1.47. The highest BCUT2D eigenvalue weighted by molar-refractivity contribution is 7.99. The summed E-state index contributed by atoms with van der Waals surface area (Å²) in [5, 5.41) is 10.4. The standard InChI is InChI=1S/C17H16ClN5OS/c1-23-14(10-24-12-5-3-2-4-6-12)21-22-17(23)25-15-9-13(18)19-16(20-15)11-7-8-11/h2-6,9,11H,7-8,10H2,1H3. The van der Waals surface area contributed by atoms with E-state index < -0.39 is 0 Å². The van der Waals surface area contributed by atoms with Crippen LogP contribution in [0.25, 0.3) is 0 Å². The molecule has 128 valence electrons. The zero-order valence-electron chi connectivity index (χ0n) is 13.6. The van der Waals surface area contributed by atoms with Gasteiger partial charge in [0, 0.05) is 19.0 Å². The molecule has 1 saturated carbocycles. The van der Waals surface area contributed by atoms with Crippen LogP contribution in [0.5, 0.6) is 5.75 Å². The van der Waals surface area contributed by atoms with Gasteiger partial charge in [-0.25, -0.2) is 9.97 Å². The zero-order chi connectivity index (χ0) is 17.2. The second-order valence-electron chi connectivity index (χ2n) is 5.82. The summed E-state index contributed by atoms with van der Waals surface area (Å²) in [6.45, 7) is 0.353. The minimum atomic E-state index is 0.353. The van der Waals surface area contributed by atoms with Crippen molar-refractivity contribution in [1.82, 2.24) is 24.7 Å². The van der Waals surface area contributed by atoms with E-state index in [0.717, 1.165) is 40.4 Å². The summed E-state index contributed by atoms with van der Waals surface area (Å²) in [6, 6.07) is 11.4. The largest absolute Gasteiger partial charge is 0.486 e. The predicted octanol–water partition coefficient (Wildman–Crippen LogP) is 3.87. The molecule has 0 aliphatic heterocycles. The molecule has 0 atom stereocenters. The van der Waals surface area contributed by atoms with E-state index in [9.17, 15) is 0 Å². The molecular formula is C17H16ClN5OS. The highest BCUT2D eigenvalue weighted by Crippen LogP contribution is 2.39. The maximum Gasteiger partial charge on any atom is 0.197 e. The van der Waals surface area contributed by atoms with Gasteiger partial charge in [-0.15, -0.1) is 10.2 Å². The van der Waals surface area contributed by atoms with Gasteiger partial charge in [-0.3, -0.25) is 0 Å². The van der Waals surface area contributed by atoms with Crippen LogP contribution in [0.3, 0.4) is 0 Å². The Hall–Kier alpha value is -2.12. The van der Waals surface area contributed by atoms with Crippen LogP contribution in [0.4, 0.5) is 0 Å². The van der Waals surface area contributed by atoms with Gasteiger partial charge in [0.2, 0.25) is 0 Å². The fraction of sp³-hybridized carbons (Fsp3) is 0.294. The fourth-order valence-electron chi connectivity index (χ4n) is 2.31. The molecule has 2 heterocycles. The third-order valence-corrected chi connectivity index (χ3v) is 5.01. The molecule has 0 amide bonds. The lowest BCUT2D eigenvalue weighted by molar-refractivity contribution is 0.290. The van der Waals surface area contributed by atoms with Crippen molar-refractivity contribution < 1.29 is 4.74 Å². The molecule has 1 fully saturated rings. The Morgan fingerprint density at radius 1 is 1.20 bits per heavy atom. The first-order valence-corrected chi connectivity index (χ1v) is 9.17. The van der Waals surface area contributed by atoms with E-state index in [1.807, 2.05) is 41.9 Å². The maximum atomic E-state index is 6.12. The van der Waals surface area contributed by atoms with Crippen molar-refractivity contribution in [1.29, 1.82) is 0 Å². The van der Waals surface area contributed by atoms with Gasteiger partial charge >= 0.3 is 0 Å². The van der Waals surface area contributed by atoms with E-state index in [1.54, 1.807) is 6.07 Å². The Morgan fingerprint density at radius 3 is 2.76 bits per heavy atom. The molecule has 0 bridgehead atoms. The van der Waals surface area contributed by atoms with Gasteiger partial charge < -0.3 is 9.30 Å². The number of benzene rings is 1. The summed E-state index contributed by atoms with van der Waals surface area (Å²) in [7, 11) is 1.91. The molecule has 8 heteroatoms. The Kier molecular flexibility index (Phi) is 4.59. The molecule has 0 radical (unpaired) electrons. The van der Waals surface area contributed by atoms with Crippen molar-refractivity contribution in [3.63, 3.8) is 0 Å². The first-order valence-electron chi connectivity index (χ1n) is 7.97. The normalized spacial score (nSPS) is 13.8. The number of aromatic nitrogens is 5. The minimum absolute atomic E-state index is 0.353. The van der Waals surface area contributed by atoms with Crippen molar-refractivity contribution in [3.8, 4) is 5.75 Å². The average molecular weight is 374 g/mol. The number of hydrogen-bond donors (Lipinski definition) is 0. The summed E-state index contributed by atoms with van der Waals surface area (Å²) in [6.07, 6.45) is 2.27. The summed E-state index contributed by atoms with van der Waals surface area (Å²) in [5.41, 5.74) is 0. The van der Waals surface area contributed by atoms with E-state index in [1.165, 1.54) is 11.8 Å². The lowest BCUT2D eigenvalue weighted by Gasteiger charge is -2.07. The van der Waals surface area contributed by atoms with Crippen LogP contribution in [0.2, 0.25) is 5.15 Å². The van der Waals surface area contributed by atoms with Crippen molar-refractivity contribution in [2.75, 3.05) is 0 Å². The smallest absolute Gasteiger partial charge is 0.197 e. The van der Waals surface area contributed by atoms with Gasteiger partial charge in [-0.2, -0.15) is 0 Å². The third kappa shape index (κ3) is 3.93. The fourth-order valence-corrected chi connectivity index (χ4v) is 3.38. The van der Waals surface area contributed by atoms with Crippen LogP contribution >= 0.6 is 23.4 Å². The number of para-hydroxylation sites is 1. The van der Waals surface area contributed by atoms with Gasteiger partial charge in [-0.1, -0.05) is 29.8 Å². The molecule has 3 aromatic rings. The van der Waals surface area contributed by atoms with Crippen LogP contribution in [0.15, 0.2) is 46.6 Å². The minimum Gasteiger partial charge on any atom is -0.486 e. The van der Waals surface area contributed by atoms with Gasteiger partial charge in [0.25, 0.3) is 0 Å². The second-order valence-corrected chi connectivity index (χ2v) is 7.20. The number of rotatable bonds is 6. The van der Waals surface area contributed by atoms with Crippen molar-refractivity contribution >= 4 is 23.4 Å². The molecule has 1 aliphatic rings. The molecule has 25 heavy (non-hydrogen) atoms. The maximum absolute atomic E-state index is 6.12. The zero-order valence-corrected chi connectivity index (χ0v) is 15.2. The van der Waals surface area contributed by atoms with E-state index in [-0.39, 0.29) is 0 Å². The lowest BCUT2D eigenvalue weighted by atomic mass is 10.3. The number of ether oxygens (including phenoxy) is 1. The monoisotopic (exact) mass is 373 g/mol. The number of nitrogens with zero attached hydrogens (tertiary/aromatic N) is 5. The van der Waals surface area contributed by atoms with E-state index in [0.29, 0.717) is 17.7 Å². The first kappa shape index (κ1) is 16.4. The molecule has 4 rings (SSSR count).